The standard InChI is InChI=1S/C23H36N2O3S/c1-18(2)15-20(24-25-14-8-10-21(25)17-28-3)16-19-9-7-13-23(19)29(26,27)22-11-5-4-6-12-22/h4-6,11-12,18-19,21,23H,7-10,13-17H2,1-3H3/b24-20-/t19-,21+,23+/m1/s1. The molecule has 0 spiro atoms. The summed E-state index contributed by atoms with van der Waals surface area (Å²) < 4.78 is 31.9. The molecule has 0 unspecified atom stereocenters. The van der Waals surface area contributed by atoms with Gasteiger partial charge in [-0.1, -0.05) is 38.5 Å². The maximum atomic E-state index is 13.3. The fraction of sp³-hybridized carbons (Fsp3) is 0.696. The molecule has 3 rings (SSSR count). The molecule has 2 fully saturated rings. The quantitative estimate of drug-likeness (QED) is 0.551. The molecule has 1 aliphatic carbocycles. The highest BCUT2D eigenvalue weighted by atomic mass is 32.2. The third kappa shape index (κ3) is 5.60. The largest absolute Gasteiger partial charge is 0.382 e. The second kappa shape index (κ2) is 10.1. The van der Waals surface area contributed by atoms with Crippen LogP contribution in [0.4, 0.5) is 0 Å². The van der Waals surface area contributed by atoms with Gasteiger partial charge in [0.15, 0.2) is 9.84 Å². The van der Waals surface area contributed by atoms with E-state index in [9.17, 15) is 8.42 Å². The van der Waals surface area contributed by atoms with Crippen molar-refractivity contribution in [2.75, 3.05) is 20.3 Å². The summed E-state index contributed by atoms with van der Waals surface area (Å²) >= 11 is 0. The highest BCUT2D eigenvalue weighted by molar-refractivity contribution is 7.92. The minimum Gasteiger partial charge on any atom is -0.382 e. The van der Waals surface area contributed by atoms with Crippen molar-refractivity contribution in [3.05, 3.63) is 30.3 Å². The van der Waals surface area contributed by atoms with Crippen molar-refractivity contribution >= 4 is 15.5 Å². The van der Waals surface area contributed by atoms with Crippen LogP contribution in [0.3, 0.4) is 0 Å². The fourth-order valence-corrected chi connectivity index (χ4v) is 6.97. The molecule has 1 aliphatic heterocycles. The first kappa shape index (κ1) is 22.3. The van der Waals surface area contributed by atoms with Crippen molar-refractivity contribution in [3.8, 4) is 0 Å². The van der Waals surface area contributed by atoms with Gasteiger partial charge in [-0.15, -0.1) is 0 Å². The molecule has 29 heavy (non-hydrogen) atoms. The number of benzene rings is 1. The summed E-state index contributed by atoms with van der Waals surface area (Å²) in [6.45, 7) is 6.08. The maximum absolute atomic E-state index is 13.3. The van der Waals surface area contributed by atoms with Crippen molar-refractivity contribution < 1.29 is 13.2 Å². The molecule has 0 N–H and O–H groups in total. The topological polar surface area (TPSA) is 59.0 Å². The molecular weight excluding hydrogens is 384 g/mol. The average molecular weight is 421 g/mol. The first-order valence-electron chi connectivity index (χ1n) is 11.0. The Morgan fingerprint density at radius 1 is 1.17 bits per heavy atom. The Hall–Kier alpha value is -1.40. The third-order valence-corrected chi connectivity index (χ3v) is 8.52. The highest BCUT2D eigenvalue weighted by Gasteiger charge is 2.39. The fourth-order valence-electron chi connectivity index (χ4n) is 4.86. The minimum atomic E-state index is -3.30. The second-order valence-corrected chi connectivity index (χ2v) is 11.1. The number of hydrogen-bond acceptors (Lipinski definition) is 5. The molecule has 5 nitrogen and oxygen atoms in total. The van der Waals surface area contributed by atoms with E-state index < -0.39 is 9.84 Å². The van der Waals surface area contributed by atoms with E-state index >= 15 is 0 Å². The third-order valence-electron chi connectivity index (χ3n) is 6.18. The molecule has 6 heteroatoms. The molecule has 0 bridgehead atoms. The van der Waals surface area contributed by atoms with E-state index in [0.29, 0.717) is 23.5 Å². The van der Waals surface area contributed by atoms with Gasteiger partial charge >= 0.3 is 0 Å². The molecule has 3 atom stereocenters. The van der Waals surface area contributed by atoms with Crippen molar-refractivity contribution in [1.29, 1.82) is 0 Å². The Balaban J connectivity index is 1.78. The molecule has 0 radical (unpaired) electrons. The van der Waals surface area contributed by atoms with Gasteiger partial charge in [-0.05, 0) is 62.5 Å². The molecular formula is C23H36N2O3S. The first-order chi connectivity index (χ1) is 13.9. The Kier molecular flexibility index (Phi) is 7.74. The Bertz CT molecular complexity index is 777. The number of hydrazone groups is 1. The van der Waals surface area contributed by atoms with Crippen LogP contribution in [0.5, 0.6) is 0 Å². The lowest BCUT2D eigenvalue weighted by atomic mass is 9.95. The summed E-state index contributed by atoms with van der Waals surface area (Å²) in [5, 5.41) is 6.94. The monoisotopic (exact) mass is 420 g/mol. The maximum Gasteiger partial charge on any atom is 0.181 e. The highest BCUT2D eigenvalue weighted by Crippen LogP contribution is 2.37. The van der Waals surface area contributed by atoms with Gasteiger partial charge in [-0.25, -0.2) is 8.42 Å². The van der Waals surface area contributed by atoms with Crippen LogP contribution >= 0.6 is 0 Å². The summed E-state index contributed by atoms with van der Waals surface area (Å²) in [6.07, 6.45) is 6.66. The van der Waals surface area contributed by atoms with E-state index in [2.05, 4.69) is 18.9 Å². The van der Waals surface area contributed by atoms with Crippen LogP contribution < -0.4 is 0 Å². The Morgan fingerprint density at radius 2 is 1.93 bits per heavy atom. The molecule has 2 aliphatic rings. The van der Waals surface area contributed by atoms with Gasteiger partial charge in [0, 0.05) is 19.4 Å². The predicted octanol–water partition coefficient (Wildman–Crippen LogP) is 4.53. The van der Waals surface area contributed by atoms with Crippen LogP contribution in [0.2, 0.25) is 0 Å². The van der Waals surface area contributed by atoms with Gasteiger partial charge in [0.2, 0.25) is 0 Å². The second-order valence-electron chi connectivity index (χ2n) is 8.97. The van der Waals surface area contributed by atoms with Gasteiger partial charge in [0.25, 0.3) is 0 Å². The van der Waals surface area contributed by atoms with Crippen LogP contribution in [0.15, 0.2) is 40.3 Å². The molecule has 1 aromatic rings. The minimum absolute atomic E-state index is 0.154. The zero-order valence-corrected chi connectivity index (χ0v) is 18.9. The van der Waals surface area contributed by atoms with E-state index in [0.717, 1.165) is 57.2 Å². The SMILES string of the molecule is COC[C@@H]1CCCN1/N=C(/CC(C)C)C[C@H]1CCC[C@@H]1S(=O)(=O)c1ccccc1. The van der Waals surface area contributed by atoms with Crippen molar-refractivity contribution in [2.45, 2.75) is 75.0 Å². The molecule has 1 heterocycles. The van der Waals surface area contributed by atoms with Crippen molar-refractivity contribution in [2.24, 2.45) is 16.9 Å². The van der Waals surface area contributed by atoms with Crippen LogP contribution in [0.25, 0.3) is 0 Å². The van der Waals surface area contributed by atoms with Gasteiger partial charge < -0.3 is 4.74 Å². The summed E-state index contributed by atoms with van der Waals surface area (Å²) in [5.41, 5.74) is 1.16. The van der Waals surface area contributed by atoms with Gasteiger partial charge in [0.05, 0.1) is 22.8 Å². The number of sulfone groups is 1. The first-order valence-corrected chi connectivity index (χ1v) is 12.6. The Morgan fingerprint density at radius 3 is 2.62 bits per heavy atom. The smallest absolute Gasteiger partial charge is 0.181 e. The molecule has 0 amide bonds. The molecule has 1 saturated heterocycles. The van der Waals surface area contributed by atoms with Crippen molar-refractivity contribution in [3.63, 3.8) is 0 Å². The number of ether oxygens (including phenoxy) is 1. The zero-order valence-electron chi connectivity index (χ0n) is 18.1. The van der Waals surface area contributed by atoms with Crippen molar-refractivity contribution in [1.82, 2.24) is 5.01 Å². The lowest BCUT2D eigenvalue weighted by Gasteiger charge is -2.25. The van der Waals surface area contributed by atoms with E-state index in [1.54, 1.807) is 19.2 Å². The molecule has 1 saturated carbocycles. The predicted molar refractivity (Wildman–Crippen MR) is 118 cm³/mol. The normalized spacial score (nSPS) is 25.9. The van der Waals surface area contributed by atoms with E-state index in [1.165, 1.54) is 0 Å². The summed E-state index contributed by atoms with van der Waals surface area (Å²) in [7, 11) is -1.55. The average Bonchev–Trinajstić information content (AvgIpc) is 3.32. The van der Waals surface area contributed by atoms with Crippen LogP contribution in [0, 0.1) is 11.8 Å². The van der Waals surface area contributed by atoms with E-state index in [4.69, 9.17) is 9.84 Å². The Labute approximate surface area is 176 Å². The van der Waals surface area contributed by atoms with Crippen LogP contribution in [-0.4, -0.2) is 50.7 Å². The lowest BCUT2D eigenvalue weighted by molar-refractivity contribution is 0.117. The van der Waals surface area contributed by atoms with Crippen LogP contribution in [-0.2, 0) is 14.6 Å². The number of rotatable bonds is 9. The van der Waals surface area contributed by atoms with E-state index in [-0.39, 0.29) is 11.2 Å². The van der Waals surface area contributed by atoms with Gasteiger partial charge in [-0.2, -0.15) is 5.10 Å². The van der Waals surface area contributed by atoms with E-state index in [1.807, 2.05) is 18.2 Å². The number of methoxy groups -OCH3 is 1. The van der Waals surface area contributed by atoms with Gasteiger partial charge in [0.1, 0.15) is 0 Å². The summed E-state index contributed by atoms with van der Waals surface area (Å²) in [4.78, 5) is 0.457. The summed E-state index contributed by atoms with van der Waals surface area (Å²) in [6, 6.07) is 9.29. The number of hydrogen-bond donors (Lipinski definition) is 0. The lowest BCUT2D eigenvalue weighted by Crippen LogP contribution is -2.31. The number of nitrogens with zero attached hydrogens (tertiary/aromatic N) is 2. The molecule has 0 aromatic heterocycles. The van der Waals surface area contributed by atoms with Gasteiger partial charge in [-0.3, -0.25) is 5.01 Å². The molecule has 162 valence electrons. The molecule has 1 aromatic carbocycles. The zero-order chi connectivity index (χ0) is 20.9. The summed E-state index contributed by atoms with van der Waals surface area (Å²) in [5.74, 6) is 0.656. The van der Waals surface area contributed by atoms with Crippen LogP contribution in [0.1, 0.15) is 58.8 Å².